The van der Waals surface area contributed by atoms with Gasteiger partial charge in [-0.3, -0.25) is 0 Å². The fourth-order valence-corrected chi connectivity index (χ4v) is 0.385. The van der Waals surface area contributed by atoms with E-state index in [1.165, 1.54) is 5.34 Å². The molecule has 5 heteroatoms. The normalized spacial score (nSPS) is 5.64. The minimum absolute atomic E-state index is 1.25. The van der Waals surface area contributed by atoms with E-state index in [2.05, 4.69) is 0 Å². The van der Waals surface area contributed by atoms with Crippen molar-refractivity contribution in [1.29, 1.82) is 10.8 Å². The van der Waals surface area contributed by atoms with Crippen LogP contribution in [-0.4, -0.2) is 5.21 Å². The van der Waals surface area contributed by atoms with Crippen LogP contribution in [0.25, 0.3) is 0 Å². The van der Waals surface area contributed by atoms with Crippen LogP contribution in [-0.2, 0) is 0 Å². The molecule has 0 amide bonds. The van der Waals surface area contributed by atoms with E-state index in [-0.39, 0.29) is 0 Å². The zero-order valence-corrected chi connectivity index (χ0v) is 5.66. The van der Waals surface area contributed by atoms with Crippen LogP contribution in [0.3, 0.4) is 0 Å². The summed E-state index contributed by atoms with van der Waals surface area (Å²) in [5.41, 5.74) is 0. The summed E-state index contributed by atoms with van der Waals surface area (Å²) in [5, 5.41) is 19.9. The molecule has 0 heterocycles. The molecule has 0 spiro atoms. The molecule has 1 aromatic rings. The first kappa shape index (κ1) is 11.8. The van der Waals surface area contributed by atoms with E-state index in [1.807, 2.05) is 36.4 Å². The van der Waals surface area contributed by atoms with E-state index in [0.29, 0.717) is 0 Å². The molecule has 58 valence electrons. The molecule has 0 aliphatic rings. The third-order valence-corrected chi connectivity index (χ3v) is 0.667. The zero-order valence-electron chi connectivity index (χ0n) is 5.66. The maximum absolute atomic E-state index is 8.11. The van der Waals surface area contributed by atoms with Crippen LogP contribution in [0.5, 0.6) is 0 Å². The summed E-state index contributed by atoms with van der Waals surface area (Å²) in [6, 6.07) is 12.0. The Morgan fingerprint density at radius 1 is 0.909 bits per heavy atom. The highest BCUT2D eigenvalue weighted by atomic mass is 16.6. The lowest BCUT2D eigenvalue weighted by atomic mass is 10.4. The molecule has 0 saturated heterocycles. The van der Waals surface area contributed by atoms with Gasteiger partial charge in [-0.15, -0.1) is 4.91 Å². The van der Waals surface area contributed by atoms with Crippen LogP contribution in [0.15, 0.2) is 41.7 Å². The largest absolute Gasteiger partial charge is 0.379 e. The van der Waals surface area contributed by atoms with Crippen LogP contribution in [0, 0.1) is 15.7 Å². The average molecular weight is 153 g/mol. The summed E-state index contributed by atoms with van der Waals surface area (Å²) < 4.78 is 0. The van der Waals surface area contributed by atoms with Gasteiger partial charge in [0.15, 0.2) is 5.34 Å². The van der Waals surface area contributed by atoms with Crippen LogP contribution in [0.4, 0.5) is 0 Å². The Kier molecular flexibility index (Phi) is 16.8. The summed E-state index contributed by atoms with van der Waals surface area (Å²) in [7, 11) is 0. The molecule has 0 fully saturated rings. The Morgan fingerprint density at radius 3 is 1.09 bits per heavy atom. The lowest BCUT2D eigenvalue weighted by Crippen LogP contribution is -1.47. The molecule has 0 unspecified atom stereocenters. The topological polar surface area (TPSA) is 97.2 Å². The maximum atomic E-state index is 8.11. The van der Waals surface area contributed by atoms with Gasteiger partial charge in [-0.1, -0.05) is 36.4 Å². The number of nitrogens with zero attached hydrogens (tertiary/aromatic N) is 3. The molecule has 1 aromatic carbocycles. The van der Waals surface area contributed by atoms with Gasteiger partial charge in [-0.05, 0) is 0 Å². The highest BCUT2D eigenvalue weighted by Crippen LogP contribution is 1.79. The van der Waals surface area contributed by atoms with E-state index in [9.17, 15) is 0 Å². The first-order valence-electron chi connectivity index (χ1n) is 2.58. The van der Waals surface area contributed by atoms with Crippen molar-refractivity contribution in [1.82, 2.24) is 0 Å². The van der Waals surface area contributed by atoms with E-state index in [1.54, 1.807) is 0 Å². The van der Waals surface area contributed by atoms with Crippen LogP contribution < -0.4 is 0 Å². The fraction of sp³-hybridized carbons (Fsp3) is 0. The second-order valence-corrected chi connectivity index (χ2v) is 1.24. The van der Waals surface area contributed by atoms with Crippen LogP contribution >= 0.6 is 0 Å². The second-order valence-electron chi connectivity index (χ2n) is 1.24. The first-order valence-corrected chi connectivity index (χ1v) is 2.58. The van der Waals surface area contributed by atoms with Gasteiger partial charge in [0.05, 0.1) is 0 Å². The molecule has 1 N–H and O–H groups in total. The second kappa shape index (κ2) is 15.7. The van der Waals surface area contributed by atoms with E-state index >= 15 is 0 Å². The van der Waals surface area contributed by atoms with Crippen molar-refractivity contribution in [3.8, 4) is 0 Å². The summed E-state index contributed by atoms with van der Waals surface area (Å²) in [6.07, 6.45) is 0. The molecular weight excluding hydrogens is 146 g/mol. The lowest BCUT2D eigenvalue weighted by Gasteiger charge is -1.69. The summed E-state index contributed by atoms with van der Waals surface area (Å²) in [6.45, 7) is 0. The molecule has 0 atom stereocenters. The predicted octanol–water partition coefficient (Wildman–Crippen LogP) is 1.86. The SMILES string of the molecule is N#N.O=NO.c1ccccc1. The van der Waals surface area contributed by atoms with Crippen LogP contribution in [0.2, 0.25) is 0 Å². The standard InChI is InChI=1S/C6H6.N2.HNO2/c1-2-4-6-5-3-1;1-2;2-1-3/h1-6H;;(H,2,3). The van der Waals surface area contributed by atoms with Crippen molar-refractivity contribution in [3.05, 3.63) is 41.3 Å². The Hall–Kier alpha value is -1.96. The minimum atomic E-state index is 1.25. The third-order valence-electron chi connectivity index (χ3n) is 0.667. The molecule has 0 saturated carbocycles. The van der Waals surface area contributed by atoms with Crippen molar-refractivity contribution in [2.75, 3.05) is 0 Å². The monoisotopic (exact) mass is 153 g/mol. The maximum Gasteiger partial charge on any atom is 0.152 e. The molecular formula is C6H7N3O2. The van der Waals surface area contributed by atoms with Crippen molar-refractivity contribution in [2.45, 2.75) is 0 Å². The Bertz CT molecular complexity index is 149. The zero-order chi connectivity index (χ0) is 8.95. The smallest absolute Gasteiger partial charge is 0.152 e. The van der Waals surface area contributed by atoms with Crippen molar-refractivity contribution >= 4 is 0 Å². The van der Waals surface area contributed by atoms with Gasteiger partial charge in [0.1, 0.15) is 0 Å². The van der Waals surface area contributed by atoms with Gasteiger partial charge in [-0.2, -0.15) is 0 Å². The quantitative estimate of drug-likeness (QED) is 0.349. The highest BCUT2D eigenvalue weighted by Gasteiger charge is 1.57. The molecule has 5 nitrogen and oxygen atoms in total. The Balaban J connectivity index is 0. The molecule has 0 radical (unpaired) electrons. The average Bonchev–Trinajstić information content (AvgIpc) is 2.12. The van der Waals surface area contributed by atoms with Crippen LogP contribution in [0.1, 0.15) is 0 Å². The van der Waals surface area contributed by atoms with Crippen molar-refractivity contribution in [2.24, 2.45) is 5.34 Å². The molecule has 0 aromatic heterocycles. The highest BCUT2D eigenvalue weighted by molar-refractivity contribution is 4.99. The molecule has 0 aliphatic heterocycles. The predicted molar refractivity (Wildman–Crippen MR) is 37.5 cm³/mol. The van der Waals surface area contributed by atoms with E-state index in [0.717, 1.165) is 0 Å². The van der Waals surface area contributed by atoms with Crippen molar-refractivity contribution < 1.29 is 5.21 Å². The lowest BCUT2D eigenvalue weighted by molar-refractivity contribution is 0.312. The number of benzene rings is 1. The number of rotatable bonds is 0. The first-order chi connectivity index (χ1) is 5.41. The Morgan fingerprint density at radius 2 is 1.00 bits per heavy atom. The van der Waals surface area contributed by atoms with Gasteiger partial charge in [0.2, 0.25) is 0 Å². The Labute approximate surface area is 63.6 Å². The van der Waals surface area contributed by atoms with Gasteiger partial charge in [-0.25, -0.2) is 0 Å². The molecule has 11 heavy (non-hydrogen) atoms. The fourth-order valence-electron chi connectivity index (χ4n) is 0.385. The molecule has 0 bridgehead atoms. The van der Waals surface area contributed by atoms with E-state index < -0.39 is 0 Å². The summed E-state index contributed by atoms with van der Waals surface area (Å²) >= 11 is 0. The summed E-state index contributed by atoms with van der Waals surface area (Å²) in [5.74, 6) is 0. The van der Waals surface area contributed by atoms with Gasteiger partial charge < -0.3 is 5.21 Å². The van der Waals surface area contributed by atoms with Gasteiger partial charge >= 0.3 is 0 Å². The third kappa shape index (κ3) is 18.0. The van der Waals surface area contributed by atoms with Gasteiger partial charge in [0.25, 0.3) is 0 Å². The van der Waals surface area contributed by atoms with Crippen molar-refractivity contribution in [3.63, 3.8) is 0 Å². The summed E-state index contributed by atoms with van der Waals surface area (Å²) in [4.78, 5) is 8.11. The molecule has 0 aliphatic carbocycles. The van der Waals surface area contributed by atoms with E-state index in [4.69, 9.17) is 20.9 Å². The number of hydrogen-bond acceptors (Lipinski definition) is 4. The van der Waals surface area contributed by atoms with Gasteiger partial charge in [0, 0.05) is 10.8 Å². The minimum Gasteiger partial charge on any atom is -0.379 e. The molecule has 1 rings (SSSR count). The number of hydrogen-bond donors (Lipinski definition) is 1.